The van der Waals surface area contributed by atoms with E-state index in [2.05, 4.69) is 0 Å². The van der Waals surface area contributed by atoms with Crippen LogP contribution in [0.25, 0.3) is 0 Å². The Balaban J connectivity index is 1.60. The summed E-state index contributed by atoms with van der Waals surface area (Å²) in [4.78, 5) is 26.3. The third-order valence-electron chi connectivity index (χ3n) is 4.57. The zero-order chi connectivity index (χ0) is 19.6. The normalized spacial score (nSPS) is 14.9. The number of ether oxygens (including phenoxy) is 1. The van der Waals surface area contributed by atoms with Crippen molar-refractivity contribution in [3.05, 3.63) is 64.2 Å². The van der Waals surface area contributed by atoms with Gasteiger partial charge in [-0.25, -0.2) is 8.78 Å². The van der Waals surface area contributed by atoms with E-state index in [1.54, 1.807) is 12.1 Å². The van der Waals surface area contributed by atoms with Crippen molar-refractivity contribution in [2.75, 3.05) is 13.1 Å². The number of hydrogen-bond donors (Lipinski definition) is 0. The van der Waals surface area contributed by atoms with Crippen molar-refractivity contribution >= 4 is 23.5 Å². The quantitative estimate of drug-likeness (QED) is 0.574. The van der Waals surface area contributed by atoms with Gasteiger partial charge in [0.1, 0.15) is 17.4 Å². The Hall–Kier alpha value is -2.47. The van der Waals surface area contributed by atoms with Crippen molar-refractivity contribution in [2.45, 2.75) is 19.8 Å². The van der Waals surface area contributed by atoms with Crippen LogP contribution in [0.1, 0.15) is 28.8 Å². The number of nitrogens with zero attached hydrogens (tertiary/aromatic N) is 1. The van der Waals surface area contributed by atoms with E-state index in [-0.39, 0.29) is 24.6 Å². The molecule has 1 amide bonds. The molecule has 0 N–H and O–H groups in total. The van der Waals surface area contributed by atoms with E-state index in [0.29, 0.717) is 29.7 Å². The second-order valence-electron chi connectivity index (χ2n) is 6.55. The second-order valence-corrected chi connectivity index (χ2v) is 6.95. The lowest BCUT2D eigenvalue weighted by Gasteiger charge is -2.31. The molecule has 2 aromatic rings. The largest absolute Gasteiger partial charge is 0.425 e. The van der Waals surface area contributed by atoms with Crippen molar-refractivity contribution in [1.29, 1.82) is 0 Å². The summed E-state index contributed by atoms with van der Waals surface area (Å²) in [5, 5.41) is 0.355. The highest BCUT2D eigenvalue weighted by Crippen LogP contribution is 2.28. The fraction of sp³-hybridized carbons (Fsp3) is 0.300. The van der Waals surface area contributed by atoms with Crippen molar-refractivity contribution in [3.63, 3.8) is 0 Å². The molecule has 0 aromatic heterocycles. The van der Waals surface area contributed by atoms with Gasteiger partial charge in [0.15, 0.2) is 0 Å². The Kier molecular flexibility index (Phi) is 5.75. The second kappa shape index (κ2) is 8.05. The summed E-state index contributed by atoms with van der Waals surface area (Å²) in [6.45, 7) is 2.44. The summed E-state index contributed by atoms with van der Waals surface area (Å²) >= 11 is 6.05. The molecule has 0 unspecified atom stereocenters. The summed E-state index contributed by atoms with van der Waals surface area (Å²) in [7, 11) is 0. The standard InChI is InChI=1S/C20H18ClF2NO3/c1-12-2-5-16(21)18(10-12)27-20(26)13-6-8-24(9-7-13)19(25)15-4-3-14(22)11-17(15)23/h2-5,10-11,13H,6-9H2,1H3. The molecule has 0 aliphatic carbocycles. The summed E-state index contributed by atoms with van der Waals surface area (Å²) in [6, 6.07) is 8.04. The predicted molar refractivity (Wildman–Crippen MR) is 96.8 cm³/mol. The average Bonchev–Trinajstić information content (AvgIpc) is 2.64. The van der Waals surface area contributed by atoms with Crippen molar-refractivity contribution < 1.29 is 23.1 Å². The number of benzene rings is 2. The van der Waals surface area contributed by atoms with Gasteiger partial charge in [0, 0.05) is 19.2 Å². The zero-order valence-electron chi connectivity index (χ0n) is 14.7. The first-order valence-corrected chi connectivity index (χ1v) is 8.95. The van der Waals surface area contributed by atoms with Crippen LogP contribution in [0.15, 0.2) is 36.4 Å². The minimum absolute atomic E-state index is 0.177. The van der Waals surface area contributed by atoms with Gasteiger partial charge < -0.3 is 9.64 Å². The van der Waals surface area contributed by atoms with Gasteiger partial charge in [-0.3, -0.25) is 9.59 Å². The number of rotatable bonds is 3. The first-order chi connectivity index (χ1) is 12.8. The van der Waals surface area contributed by atoms with Gasteiger partial charge in [0.25, 0.3) is 5.91 Å². The van der Waals surface area contributed by atoms with Crippen LogP contribution in [-0.4, -0.2) is 29.9 Å². The average molecular weight is 394 g/mol. The number of halogens is 3. The van der Waals surface area contributed by atoms with Crippen molar-refractivity contribution in [2.24, 2.45) is 5.92 Å². The summed E-state index contributed by atoms with van der Waals surface area (Å²) in [5.74, 6) is -2.60. The summed E-state index contributed by atoms with van der Waals surface area (Å²) in [5.41, 5.74) is 0.743. The van der Waals surface area contributed by atoms with E-state index in [1.165, 1.54) is 4.90 Å². The smallest absolute Gasteiger partial charge is 0.314 e. The molecule has 1 fully saturated rings. The Labute approximate surface area is 160 Å². The minimum atomic E-state index is -0.893. The van der Waals surface area contributed by atoms with Crippen LogP contribution in [0.4, 0.5) is 8.78 Å². The zero-order valence-corrected chi connectivity index (χ0v) is 15.4. The number of amides is 1. The Morgan fingerprint density at radius 2 is 1.81 bits per heavy atom. The van der Waals surface area contributed by atoms with Gasteiger partial charge in [-0.05, 0) is 49.6 Å². The van der Waals surface area contributed by atoms with E-state index in [9.17, 15) is 18.4 Å². The maximum Gasteiger partial charge on any atom is 0.314 e. The lowest BCUT2D eigenvalue weighted by Crippen LogP contribution is -2.41. The molecule has 0 saturated carbocycles. The highest BCUT2D eigenvalue weighted by Gasteiger charge is 2.30. The fourth-order valence-electron chi connectivity index (χ4n) is 3.03. The monoisotopic (exact) mass is 393 g/mol. The maximum atomic E-state index is 13.8. The van der Waals surface area contributed by atoms with Crippen LogP contribution in [0.5, 0.6) is 5.75 Å². The first-order valence-electron chi connectivity index (χ1n) is 8.57. The highest BCUT2D eigenvalue weighted by atomic mass is 35.5. The van der Waals surface area contributed by atoms with Gasteiger partial charge >= 0.3 is 5.97 Å². The molecule has 3 rings (SSSR count). The van der Waals surface area contributed by atoms with Gasteiger partial charge in [0.2, 0.25) is 0 Å². The number of carbonyl (C=O) groups excluding carboxylic acids is 2. The van der Waals surface area contributed by atoms with Crippen LogP contribution in [-0.2, 0) is 4.79 Å². The number of likely N-dealkylation sites (tertiary alicyclic amines) is 1. The van der Waals surface area contributed by atoms with Crippen LogP contribution in [0.2, 0.25) is 5.02 Å². The van der Waals surface area contributed by atoms with E-state index in [1.807, 2.05) is 13.0 Å². The topological polar surface area (TPSA) is 46.6 Å². The molecule has 0 radical (unpaired) electrons. The lowest BCUT2D eigenvalue weighted by molar-refractivity contribution is -0.140. The number of hydrogen-bond acceptors (Lipinski definition) is 3. The van der Waals surface area contributed by atoms with E-state index in [0.717, 1.165) is 17.7 Å². The SMILES string of the molecule is Cc1ccc(Cl)c(OC(=O)C2CCN(C(=O)c3ccc(F)cc3F)CC2)c1. The number of piperidine rings is 1. The molecule has 27 heavy (non-hydrogen) atoms. The molecule has 1 heterocycles. The maximum absolute atomic E-state index is 13.8. The van der Waals surface area contributed by atoms with Gasteiger partial charge in [-0.15, -0.1) is 0 Å². The third-order valence-corrected chi connectivity index (χ3v) is 4.89. The molecule has 0 atom stereocenters. The Morgan fingerprint density at radius 1 is 1.11 bits per heavy atom. The highest BCUT2D eigenvalue weighted by molar-refractivity contribution is 6.32. The molecule has 4 nitrogen and oxygen atoms in total. The molecule has 0 spiro atoms. The van der Waals surface area contributed by atoms with Crippen LogP contribution < -0.4 is 4.74 Å². The molecule has 1 saturated heterocycles. The van der Waals surface area contributed by atoms with E-state index in [4.69, 9.17) is 16.3 Å². The molecule has 2 aromatic carbocycles. The molecule has 1 aliphatic rings. The number of carbonyl (C=O) groups is 2. The minimum Gasteiger partial charge on any atom is -0.425 e. The molecule has 0 bridgehead atoms. The van der Waals surface area contributed by atoms with E-state index < -0.39 is 23.5 Å². The van der Waals surface area contributed by atoms with Gasteiger partial charge in [0.05, 0.1) is 16.5 Å². The van der Waals surface area contributed by atoms with Gasteiger partial charge in [-0.2, -0.15) is 0 Å². The summed E-state index contributed by atoms with van der Waals surface area (Å²) < 4.78 is 32.2. The van der Waals surface area contributed by atoms with Crippen LogP contribution in [0.3, 0.4) is 0 Å². The van der Waals surface area contributed by atoms with Crippen molar-refractivity contribution in [1.82, 2.24) is 4.90 Å². The molecule has 7 heteroatoms. The summed E-state index contributed by atoms with van der Waals surface area (Å²) in [6.07, 6.45) is 0.799. The molecular formula is C20H18ClF2NO3. The number of aryl methyl sites for hydroxylation is 1. The Bertz CT molecular complexity index is 880. The van der Waals surface area contributed by atoms with Gasteiger partial charge in [-0.1, -0.05) is 17.7 Å². The third kappa shape index (κ3) is 4.45. The first kappa shape index (κ1) is 19.3. The van der Waals surface area contributed by atoms with Crippen LogP contribution >= 0.6 is 11.6 Å². The van der Waals surface area contributed by atoms with Crippen LogP contribution in [0, 0.1) is 24.5 Å². The Morgan fingerprint density at radius 3 is 2.48 bits per heavy atom. The lowest BCUT2D eigenvalue weighted by atomic mass is 9.96. The molecular weight excluding hydrogens is 376 g/mol. The number of esters is 1. The van der Waals surface area contributed by atoms with Crippen molar-refractivity contribution in [3.8, 4) is 5.75 Å². The van der Waals surface area contributed by atoms with E-state index >= 15 is 0 Å². The predicted octanol–water partition coefficient (Wildman–Crippen LogP) is 4.38. The molecule has 142 valence electrons. The molecule has 1 aliphatic heterocycles. The fourth-order valence-corrected chi connectivity index (χ4v) is 3.19.